The van der Waals surface area contributed by atoms with Crippen molar-refractivity contribution in [2.75, 3.05) is 0 Å². The predicted octanol–water partition coefficient (Wildman–Crippen LogP) is -12.9. The van der Waals surface area contributed by atoms with Crippen LogP contribution in [0.2, 0.25) is 0 Å². The molecule has 0 aromatic carbocycles. The molecule has 0 atom stereocenters. The van der Waals surface area contributed by atoms with Crippen LogP contribution in [-0.2, 0) is 0 Å². The maximum absolute atomic E-state index is 0. The zero-order chi connectivity index (χ0) is 0. The van der Waals surface area contributed by atoms with Crippen molar-refractivity contribution >= 4 is 23.9 Å². The molecule has 0 aliphatic rings. The second-order valence-corrected chi connectivity index (χ2v) is 0. The fraction of sp³-hybridized carbons (Fsp3) is 0. The molecule has 0 fully saturated rings. The summed E-state index contributed by atoms with van der Waals surface area (Å²) in [5.41, 5.74) is 0. The summed E-state index contributed by atoms with van der Waals surface area (Å²) in [6, 6.07) is 0. The molecule has 0 radical (unpaired) electrons. The van der Waals surface area contributed by atoms with E-state index in [0.29, 0.717) is 0 Å². The number of rotatable bonds is 0. The number of hydrogen-bond acceptors (Lipinski definition) is 0. The molecule has 0 heterocycles. The average molecular weight is 250 g/mol. The molecule has 5 heteroatoms. The molecule has 0 aliphatic carbocycles. The van der Waals surface area contributed by atoms with Crippen molar-refractivity contribution in [3.8, 4) is 0 Å². The first-order valence-electron chi connectivity index (χ1n) is 0. The summed E-state index contributed by atoms with van der Waals surface area (Å²) in [7, 11) is 0. The Morgan fingerprint density at radius 3 is 0.600 bits per heavy atom. The first-order valence-corrected chi connectivity index (χ1v) is 0. The molecule has 0 rings (SSSR count). The Morgan fingerprint density at radius 2 is 0.600 bits per heavy atom. The first kappa shape index (κ1) is 47.9. The Hall–Kier alpha value is 2.67. The summed E-state index contributed by atoms with van der Waals surface area (Å²) in [5, 5.41) is 0. The Morgan fingerprint density at radius 1 is 0.600 bits per heavy atom. The summed E-state index contributed by atoms with van der Waals surface area (Å²) in [4.78, 5) is 0. The van der Waals surface area contributed by atoms with Crippen LogP contribution in [0.5, 0.6) is 0 Å². The fourth-order valence-corrected chi connectivity index (χ4v) is 0. The Bertz CT molecular complexity index is 6.85. The van der Waals surface area contributed by atoms with Crippen LogP contribution in [0.15, 0.2) is 0 Å². The van der Waals surface area contributed by atoms with Gasteiger partial charge in [-0.2, -0.15) is 0 Å². The zero-order valence-corrected chi connectivity index (χ0v) is 11.1. The standard InChI is InChI=1S/3ClH.Na.Sn.2H/h3*1H;;;;/q;;;+1;+2;;/p-3. The summed E-state index contributed by atoms with van der Waals surface area (Å²) in [6.07, 6.45) is 0. The minimum absolute atomic E-state index is 0. The van der Waals surface area contributed by atoms with Gasteiger partial charge in [0, 0.05) is 0 Å². The van der Waals surface area contributed by atoms with E-state index in [4.69, 9.17) is 0 Å². The SMILES string of the molecule is [Cl-].[Cl-].[Cl-].[Na+].[SnH2+2]. The van der Waals surface area contributed by atoms with Gasteiger partial charge in [0.1, 0.15) is 0 Å². The normalized spacial score (nSPS) is 0. The van der Waals surface area contributed by atoms with Crippen molar-refractivity contribution in [3.05, 3.63) is 0 Å². The number of halogens is 3. The molecule has 5 heavy (non-hydrogen) atoms. The zero-order valence-electron chi connectivity index (χ0n) is 2.84. The molecule has 0 aliphatic heterocycles. The van der Waals surface area contributed by atoms with E-state index in [9.17, 15) is 0 Å². The van der Waals surface area contributed by atoms with Crippen LogP contribution >= 0.6 is 0 Å². The van der Waals surface area contributed by atoms with Crippen LogP contribution in [0, 0.1) is 0 Å². The molecule has 0 bridgehead atoms. The van der Waals surface area contributed by atoms with Crippen LogP contribution in [-0.4, -0.2) is 23.9 Å². The third-order valence-electron chi connectivity index (χ3n) is 0. The summed E-state index contributed by atoms with van der Waals surface area (Å²) in [5.74, 6) is 0. The molecule has 0 amide bonds. The minimum atomic E-state index is 0. The molecule has 0 aromatic heterocycles. The molecule has 0 saturated carbocycles. The molecule has 0 aromatic rings. The average Bonchev–Trinajstić information content (AvgIpc) is 0. The molecule has 28 valence electrons. The molecular weight excluding hydrogens is 248 g/mol. The third-order valence-corrected chi connectivity index (χ3v) is 0. The molecular formula is H2Cl3NaSn. The van der Waals surface area contributed by atoms with Gasteiger partial charge >= 0.3 is 53.5 Å². The summed E-state index contributed by atoms with van der Waals surface area (Å²) < 4.78 is 0. The monoisotopic (exact) mass is 250 g/mol. The van der Waals surface area contributed by atoms with Crippen molar-refractivity contribution < 1.29 is 66.8 Å². The van der Waals surface area contributed by atoms with E-state index >= 15 is 0 Å². The van der Waals surface area contributed by atoms with E-state index in [1.807, 2.05) is 0 Å². The quantitative estimate of drug-likeness (QED) is 0.375. The van der Waals surface area contributed by atoms with Gasteiger partial charge < -0.3 is 37.2 Å². The van der Waals surface area contributed by atoms with Gasteiger partial charge in [0.15, 0.2) is 0 Å². The van der Waals surface area contributed by atoms with Crippen LogP contribution in [0.4, 0.5) is 0 Å². The molecule has 0 saturated heterocycles. The van der Waals surface area contributed by atoms with E-state index < -0.39 is 0 Å². The Labute approximate surface area is 89.3 Å². The van der Waals surface area contributed by atoms with Crippen molar-refractivity contribution in [2.45, 2.75) is 0 Å². The molecule has 0 spiro atoms. The summed E-state index contributed by atoms with van der Waals surface area (Å²) in [6.45, 7) is 0. The summed E-state index contributed by atoms with van der Waals surface area (Å²) >= 11 is 0. The van der Waals surface area contributed by atoms with Gasteiger partial charge in [0.2, 0.25) is 0 Å². The van der Waals surface area contributed by atoms with Gasteiger partial charge in [-0.3, -0.25) is 0 Å². The van der Waals surface area contributed by atoms with Crippen LogP contribution in [0.1, 0.15) is 0 Å². The Balaban J connectivity index is 0. The van der Waals surface area contributed by atoms with E-state index in [0.717, 1.165) is 0 Å². The van der Waals surface area contributed by atoms with Crippen molar-refractivity contribution in [1.82, 2.24) is 0 Å². The van der Waals surface area contributed by atoms with Crippen LogP contribution in [0.3, 0.4) is 0 Å². The molecule has 0 N–H and O–H groups in total. The van der Waals surface area contributed by atoms with E-state index in [-0.39, 0.29) is 90.7 Å². The Kier molecular flexibility index (Phi) is 288. The second kappa shape index (κ2) is 30.1. The van der Waals surface area contributed by atoms with Crippen molar-refractivity contribution in [2.24, 2.45) is 0 Å². The second-order valence-electron chi connectivity index (χ2n) is 0. The van der Waals surface area contributed by atoms with Gasteiger partial charge in [0.05, 0.1) is 0 Å². The maximum atomic E-state index is 0. The van der Waals surface area contributed by atoms with E-state index in [1.54, 1.807) is 0 Å². The van der Waals surface area contributed by atoms with Crippen LogP contribution < -0.4 is 66.8 Å². The van der Waals surface area contributed by atoms with Gasteiger partial charge in [-0.25, -0.2) is 0 Å². The third kappa shape index (κ3) is 20.4. The topological polar surface area (TPSA) is 0 Å². The molecule has 0 nitrogen and oxygen atoms in total. The van der Waals surface area contributed by atoms with E-state index in [2.05, 4.69) is 0 Å². The molecule has 0 unspecified atom stereocenters. The van der Waals surface area contributed by atoms with Crippen molar-refractivity contribution in [1.29, 1.82) is 0 Å². The van der Waals surface area contributed by atoms with Crippen molar-refractivity contribution in [3.63, 3.8) is 0 Å². The fourth-order valence-electron chi connectivity index (χ4n) is 0. The van der Waals surface area contributed by atoms with Gasteiger partial charge in [-0.1, -0.05) is 0 Å². The van der Waals surface area contributed by atoms with Gasteiger partial charge in [-0.05, 0) is 0 Å². The van der Waals surface area contributed by atoms with E-state index in [1.165, 1.54) is 0 Å². The van der Waals surface area contributed by atoms with Gasteiger partial charge in [-0.15, -0.1) is 0 Å². The predicted molar refractivity (Wildman–Crippen MR) is 8.54 cm³/mol. The van der Waals surface area contributed by atoms with Gasteiger partial charge in [0.25, 0.3) is 0 Å². The first-order chi connectivity index (χ1) is 0. The van der Waals surface area contributed by atoms with Crippen LogP contribution in [0.25, 0.3) is 0 Å². The number of hydrogen-bond donors (Lipinski definition) is 0.